The number of hydrogen-bond donors (Lipinski definition) is 2. The van der Waals surface area contributed by atoms with E-state index in [9.17, 15) is 40.3 Å². The van der Waals surface area contributed by atoms with Crippen molar-refractivity contribution in [3.8, 4) is 11.1 Å². The first-order valence-corrected chi connectivity index (χ1v) is 12.9. The Morgan fingerprint density at radius 2 is 1.81 bits per heavy atom. The number of amides is 1. The molecule has 1 heterocycles. The number of aliphatic hydroxyl groups is 1. The molecule has 2 aromatic rings. The van der Waals surface area contributed by atoms with E-state index in [0.717, 1.165) is 24.0 Å². The van der Waals surface area contributed by atoms with Gasteiger partial charge in [-0.2, -0.15) is 8.78 Å². The zero-order chi connectivity index (χ0) is 27.3. The van der Waals surface area contributed by atoms with E-state index in [4.69, 9.17) is 0 Å². The summed E-state index contributed by atoms with van der Waals surface area (Å²) in [6.45, 7) is -0.716. The summed E-state index contributed by atoms with van der Waals surface area (Å²) in [6, 6.07) is 3.82. The van der Waals surface area contributed by atoms with E-state index in [2.05, 4.69) is 0 Å². The van der Waals surface area contributed by atoms with Gasteiger partial charge in [0, 0.05) is 29.6 Å². The molecule has 1 saturated carbocycles. The number of alkyl halides is 3. The molecule has 1 amide bonds. The highest BCUT2D eigenvalue weighted by molar-refractivity contribution is 7.89. The molecule has 2 aromatic carbocycles. The van der Waals surface area contributed by atoms with Crippen molar-refractivity contribution in [3.05, 3.63) is 59.4 Å². The first-order valence-electron chi connectivity index (χ1n) is 11.3. The third-order valence-corrected chi connectivity index (χ3v) is 8.06. The van der Waals surface area contributed by atoms with Crippen molar-refractivity contribution in [1.82, 2.24) is 9.62 Å². The second kappa shape index (κ2) is 9.59. The number of nitrogens with one attached hydrogen (secondary N) is 1. The maximum Gasteiger partial charge on any atom is 0.350 e. The average molecular weight is 551 g/mol. The predicted molar refractivity (Wildman–Crippen MR) is 121 cm³/mol. The summed E-state index contributed by atoms with van der Waals surface area (Å²) in [5, 5.41) is 10.3. The fourth-order valence-corrected chi connectivity index (χ4v) is 5.78. The normalized spacial score (nSPS) is 22.5. The van der Waals surface area contributed by atoms with Gasteiger partial charge in [-0.25, -0.2) is 30.7 Å². The second-order valence-electron chi connectivity index (χ2n) is 9.81. The van der Waals surface area contributed by atoms with Crippen LogP contribution in [0.1, 0.15) is 25.3 Å². The molecule has 13 heteroatoms. The van der Waals surface area contributed by atoms with Crippen LogP contribution in [-0.4, -0.2) is 61.0 Å². The smallest absolute Gasteiger partial charge is 0.350 e. The Morgan fingerprint density at radius 1 is 1.19 bits per heavy atom. The van der Waals surface area contributed by atoms with Crippen LogP contribution < -0.4 is 4.72 Å². The lowest BCUT2D eigenvalue weighted by atomic mass is 9.91. The number of hydrogen-bond acceptors (Lipinski definition) is 4. The van der Waals surface area contributed by atoms with Gasteiger partial charge in [0.05, 0.1) is 6.04 Å². The van der Waals surface area contributed by atoms with Gasteiger partial charge in [0.1, 0.15) is 24.1 Å². The summed E-state index contributed by atoms with van der Waals surface area (Å²) in [5.41, 5.74) is -3.85. The van der Waals surface area contributed by atoms with Crippen LogP contribution in [0.2, 0.25) is 0 Å². The molecule has 0 aromatic heterocycles. The van der Waals surface area contributed by atoms with E-state index in [0.29, 0.717) is 18.9 Å². The molecule has 1 saturated heterocycles. The number of likely N-dealkylation sites (tertiary alicyclic amines) is 1. The molecular weight excluding hydrogens is 526 g/mol. The highest BCUT2D eigenvalue weighted by atomic mass is 32.2. The van der Waals surface area contributed by atoms with Crippen LogP contribution in [0.5, 0.6) is 0 Å². The van der Waals surface area contributed by atoms with Crippen molar-refractivity contribution in [2.24, 2.45) is 5.41 Å². The molecule has 37 heavy (non-hydrogen) atoms. The Labute approximate surface area is 209 Å². The molecule has 0 radical (unpaired) electrons. The predicted octanol–water partition coefficient (Wildman–Crippen LogP) is 3.54. The van der Waals surface area contributed by atoms with Crippen molar-refractivity contribution in [3.63, 3.8) is 0 Å². The Morgan fingerprint density at radius 3 is 2.35 bits per heavy atom. The number of carbonyl (C=O) groups excluding carboxylic acids is 1. The highest BCUT2D eigenvalue weighted by Gasteiger charge is 2.62. The highest BCUT2D eigenvalue weighted by Crippen LogP contribution is 2.56. The van der Waals surface area contributed by atoms with Gasteiger partial charge in [0.15, 0.2) is 5.60 Å². The fraction of sp³-hybridized carbons (Fsp3) is 0.458. The van der Waals surface area contributed by atoms with Gasteiger partial charge in [-0.3, -0.25) is 4.79 Å². The van der Waals surface area contributed by atoms with Gasteiger partial charge in [-0.1, -0.05) is 18.2 Å². The maximum atomic E-state index is 15.6. The lowest BCUT2D eigenvalue weighted by molar-refractivity contribution is -0.152. The van der Waals surface area contributed by atoms with Crippen molar-refractivity contribution >= 4 is 15.9 Å². The van der Waals surface area contributed by atoms with Crippen LogP contribution >= 0.6 is 0 Å². The van der Waals surface area contributed by atoms with Gasteiger partial charge >= 0.3 is 5.76 Å². The summed E-state index contributed by atoms with van der Waals surface area (Å²) in [7, 11) is -5.13. The number of halogens is 6. The number of carbonyl (C=O) groups is 1. The zero-order valence-electron chi connectivity index (χ0n) is 19.5. The average Bonchev–Trinajstić information content (AvgIpc) is 3.54. The van der Waals surface area contributed by atoms with E-state index in [1.165, 1.54) is 18.2 Å². The SMILES string of the molecule is C[C@@](O)(CF)C(=O)N1CC2(CC2)[C@H](NS(=O)(=O)C(F)F)[C@@H]1Cc1cccc(-c2cc(F)cc(F)c2)c1F. The van der Waals surface area contributed by atoms with Crippen molar-refractivity contribution in [1.29, 1.82) is 0 Å². The third-order valence-electron chi connectivity index (χ3n) is 7.01. The first-order chi connectivity index (χ1) is 17.2. The molecule has 3 atom stereocenters. The molecule has 0 unspecified atom stereocenters. The minimum absolute atomic E-state index is 0.108. The summed E-state index contributed by atoms with van der Waals surface area (Å²) >= 11 is 0. The zero-order valence-corrected chi connectivity index (χ0v) is 20.3. The Hall–Kier alpha value is -2.64. The van der Waals surface area contributed by atoms with Crippen LogP contribution in [0.4, 0.5) is 26.3 Å². The fourth-order valence-electron chi connectivity index (χ4n) is 4.92. The van der Waals surface area contributed by atoms with Crippen LogP contribution in [-0.2, 0) is 21.2 Å². The van der Waals surface area contributed by atoms with Gasteiger partial charge in [0.25, 0.3) is 15.9 Å². The molecule has 2 N–H and O–H groups in total. The van der Waals surface area contributed by atoms with Crippen LogP contribution in [0.25, 0.3) is 11.1 Å². The largest absolute Gasteiger partial charge is 0.378 e. The van der Waals surface area contributed by atoms with Crippen LogP contribution in [0, 0.1) is 22.9 Å². The standard InChI is InChI=1S/C24H24F6N2O4S/c1-23(34,11-25)21(33)32-12-24(5-6-24)20(31-37(35,36)22(29)30)18(32)9-13-3-2-4-17(19(13)28)14-7-15(26)10-16(27)8-14/h2-4,7-8,10,18,20,22,31,34H,5-6,9,11-12H2,1H3/t18-,20+,23+/m0/s1. The molecule has 4 rings (SSSR count). The number of rotatable bonds is 8. The Bertz CT molecular complexity index is 1300. The topological polar surface area (TPSA) is 86.7 Å². The van der Waals surface area contributed by atoms with Crippen molar-refractivity contribution < 1.29 is 44.7 Å². The van der Waals surface area contributed by atoms with Gasteiger partial charge in [0.2, 0.25) is 0 Å². The Balaban J connectivity index is 1.77. The minimum atomic E-state index is -5.13. The van der Waals surface area contributed by atoms with Crippen molar-refractivity contribution in [2.75, 3.05) is 13.2 Å². The summed E-state index contributed by atoms with van der Waals surface area (Å²) < 4.78 is 109. The van der Waals surface area contributed by atoms with E-state index >= 15 is 4.39 Å². The minimum Gasteiger partial charge on any atom is -0.378 e. The monoisotopic (exact) mass is 550 g/mol. The molecule has 1 aliphatic heterocycles. The van der Waals surface area contributed by atoms with E-state index in [-0.39, 0.29) is 23.2 Å². The molecule has 2 aliphatic rings. The van der Waals surface area contributed by atoms with Crippen LogP contribution in [0.15, 0.2) is 36.4 Å². The summed E-state index contributed by atoms with van der Waals surface area (Å²) in [5.74, 6) is -7.69. The third kappa shape index (κ3) is 5.21. The lowest BCUT2D eigenvalue weighted by Gasteiger charge is -2.33. The van der Waals surface area contributed by atoms with Gasteiger partial charge in [-0.05, 0) is 49.4 Å². The first kappa shape index (κ1) is 27.4. The Kier molecular flexibility index (Phi) is 7.10. The molecule has 202 valence electrons. The van der Waals surface area contributed by atoms with Crippen LogP contribution in [0.3, 0.4) is 0 Å². The molecule has 0 bridgehead atoms. The van der Waals surface area contributed by atoms with Gasteiger partial charge < -0.3 is 10.0 Å². The van der Waals surface area contributed by atoms with E-state index in [1.807, 2.05) is 4.72 Å². The molecule has 1 aliphatic carbocycles. The maximum absolute atomic E-state index is 15.6. The van der Waals surface area contributed by atoms with E-state index < -0.39 is 75.3 Å². The van der Waals surface area contributed by atoms with Crippen molar-refractivity contribution in [2.45, 2.75) is 49.6 Å². The lowest BCUT2D eigenvalue weighted by Crippen LogP contribution is -2.55. The summed E-state index contributed by atoms with van der Waals surface area (Å²) in [4.78, 5) is 14.0. The second-order valence-corrected chi connectivity index (χ2v) is 11.5. The number of benzene rings is 2. The number of nitrogens with zero attached hydrogens (tertiary/aromatic N) is 1. The summed E-state index contributed by atoms with van der Waals surface area (Å²) in [6.07, 6.45) is 0.295. The molecule has 2 fully saturated rings. The quantitative estimate of drug-likeness (QED) is 0.493. The van der Waals surface area contributed by atoms with E-state index in [1.54, 1.807) is 0 Å². The molecule has 6 nitrogen and oxygen atoms in total. The van der Waals surface area contributed by atoms with Gasteiger partial charge in [-0.15, -0.1) is 0 Å². The number of sulfonamides is 1. The molecule has 1 spiro atoms. The molecular formula is C24H24F6N2O4S.